The Kier molecular flexibility index (Phi) is 8.45. The van der Waals surface area contributed by atoms with Gasteiger partial charge in [-0.05, 0) is 49.6 Å². The lowest BCUT2D eigenvalue weighted by Gasteiger charge is -2.18. The van der Waals surface area contributed by atoms with Crippen LogP contribution in [0.2, 0.25) is 0 Å². The number of nitriles is 1. The number of imidazole rings is 1. The first-order valence-electron chi connectivity index (χ1n) is 11.0. The van der Waals surface area contributed by atoms with Crippen LogP contribution in [-0.4, -0.2) is 39.1 Å². The van der Waals surface area contributed by atoms with Crippen LogP contribution in [0.25, 0.3) is 11.8 Å². The fraction of sp³-hybridized carbons (Fsp3) is 0.280. The van der Waals surface area contributed by atoms with E-state index in [-0.39, 0.29) is 24.9 Å². The number of aryl methyl sites for hydroxylation is 1. The molecule has 0 aliphatic heterocycles. The van der Waals surface area contributed by atoms with Crippen molar-refractivity contribution in [3.8, 4) is 17.6 Å². The molecular weight excluding hydrogens is 473 g/mol. The summed E-state index contributed by atoms with van der Waals surface area (Å²) in [6.45, 7) is 1.92. The number of halogens is 3. The van der Waals surface area contributed by atoms with Gasteiger partial charge in [0.05, 0.1) is 42.4 Å². The monoisotopic (exact) mass is 498 g/mol. The number of hydrogen-bond donors (Lipinski definition) is 1. The number of amides is 1. The topological polar surface area (TPSA) is 110 Å². The summed E-state index contributed by atoms with van der Waals surface area (Å²) in [5.74, 6) is 4.67. The number of hydrazine groups is 1. The molecule has 3 rings (SSSR count). The highest BCUT2D eigenvalue weighted by Crippen LogP contribution is 2.36. The molecule has 1 aromatic carbocycles. The predicted molar refractivity (Wildman–Crippen MR) is 127 cm³/mol. The van der Waals surface area contributed by atoms with E-state index < -0.39 is 23.6 Å². The Morgan fingerprint density at radius 1 is 1.31 bits per heavy atom. The molecule has 8 nitrogen and oxygen atoms in total. The molecule has 0 fully saturated rings. The number of nitrogens with zero attached hydrogens (tertiary/aromatic N) is 5. The van der Waals surface area contributed by atoms with Gasteiger partial charge in [-0.15, -0.1) is 0 Å². The van der Waals surface area contributed by atoms with Crippen LogP contribution in [0, 0.1) is 18.3 Å². The fourth-order valence-electron chi connectivity index (χ4n) is 3.62. The first-order chi connectivity index (χ1) is 17.1. The van der Waals surface area contributed by atoms with E-state index in [0.29, 0.717) is 17.3 Å². The van der Waals surface area contributed by atoms with E-state index in [2.05, 4.69) is 9.97 Å². The zero-order valence-corrected chi connectivity index (χ0v) is 19.7. The molecule has 0 saturated carbocycles. The molecule has 1 amide bonds. The molecule has 2 heterocycles. The lowest BCUT2D eigenvalue weighted by molar-refractivity contribution is -0.138. The van der Waals surface area contributed by atoms with Crippen molar-refractivity contribution in [3.05, 3.63) is 77.5 Å². The third kappa shape index (κ3) is 6.49. The van der Waals surface area contributed by atoms with Crippen molar-refractivity contribution in [1.82, 2.24) is 19.5 Å². The second kappa shape index (κ2) is 11.5. The maximum Gasteiger partial charge on any atom is 0.416 e. The van der Waals surface area contributed by atoms with Crippen LogP contribution in [0.5, 0.6) is 5.88 Å². The summed E-state index contributed by atoms with van der Waals surface area (Å²) in [4.78, 5) is 20.9. The number of pyridine rings is 1. The van der Waals surface area contributed by atoms with Crippen molar-refractivity contribution in [3.63, 3.8) is 0 Å². The van der Waals surface area contributed by atoms with Gasteiger partial charge >= 0.3 is 6.18 Å². The number of aromatic nitrogens is 3. The van der Waals surface area contributed by atoms with Crippen molar-refractivity contribution < 1.29 is 22.7 Å². The maximum absolute atomic E-state index is 13.3. The van der Waals surface area contributed by atoms with Crippen molar-refractivity contribution in [1.29, 1.82) is 5.26 Å². The van der Waals surface area contributed by atoms with E-state index in [1.54, 1.807) is 23.0 Å². The molecule has 0 bridgehead atoms. The predicted octanol–water partition coefficient (Wildman–Crippen LogP) is 4.41. The number of methoxy groups -OCH3 is 1. The molecule has 3 aromatic rings. The van der Waals surface area contributed by atoms with Crippen LogP contribution in [0.4, 0.5) is 13.2 Å². The highest BCUT2D eigenvalue weighted by molar-refractivity contribution is 5.91. The number of rotatable bonds is 9. The van der Waals surface area contributed by atoms with Gasteiger partial charge in [0.15, 0.2) is 0 Å². The smallest absolute Gasteiger partial charge is 0.416 e. The van der Waals surface area contributed by atoms with Crippen molar-refractivity contribution in [2.24, 2.45) is 5.84 Å². The van der Waals surface area contributed by atoms with Gasteiger partial charge in [-0.3, -0.25) is 9.80 Å². The Morgan fingerprint density at radius 2 is 2.06 bits per heavy atom. The van der Waals surface area contributed by atoms with E-state index in [1.807, 2.05) is 19.2 Å². The average molecular weight is 499 g/mol. The number of carbonyl (C=O) groups is 1. The molecule has 0 aliphatic rings. The number of benzene rings is 1. The van der Waals surface area contributed by atoms with Crippen molar-refractivity contribution >= 4 is 12.0 Å². The Bertz CT molecular complexity index is 1280. The molecule has 0 radical (unpaired) electrons. The standard InChI is InChI=1S/C25H25F3N6O2/c1-17-15-33(16-31-17)22-11-9-19(32-24(22)36-2)10-12-23(35)34(30)13-5-6-18(14-29)20-7-3-4-8-21(20)25(26,27)28/h3-4,7-12,15-16,18H,5-6,13,30H2,1-2H3/b12-10+/t18-/m1/s1. The molecule has 2 aromatic heterocycles. The van der Waals surface area contributed by atoms with Crippen LogP contribution in [0.3, 0.4) is 0 Å². The van der Waals surface area contributed by atoms with Gasteiger partial charge in [-0.1, -0.05) is 18.2 Å². The van der Waals surface area contributed by atoms with Gasteiger partial charge in [0.25, 0.3) is 5.91 Å². The second-order valence-corrected chi connectivity index (χ2v) is 7.96. The lowest BCUT2D eigenvalue weighted by atomic mass is 9.91. The first-order valence-corrected chi connectivity index (χ1v) is 11.0. The second-order valence-electron chi connectivity index (χ2n) is 7.96. The van der Waals surface area contributed by atoms with E-state index in [9.17, 15) is 23.2 Å². The quantitative estimate of drug-likeness (QED) is 0.203. The molecule has 188 valence electrons. The van der Waals surface area contributed by atoms with E-state index in [0.717, 1.165) is 16.8 Å². The summed E-state index contributed by atoms with van der Waals surface area (Å²) in [6.07, 6.45) is 1.98. The molecule has 0 aliphatic carbocycles. The lowest BCUT2D eigenvalue weighted by Crippen LogP contribution is -2.37. The molecule has 2 N–H and O–H groups in total. The Balaban J connectivity index is 1.60. The van der Waals surface area contributed by atoms with Crippen LogP contribution in [0.15, 0.2) is 55.0 Å². The van der Waals surface area contributed by atoms with Gasteiger partial charge < -0.3 is 9.30 Å². The van der Waals surface area contributed by atoms with Crippen LogP contribution >= 0.6 is 0 Å². The highest BCUT2D eigenvalue weighted by atomic mass is 19.4. The highest BCUT2D eigenvalue weighted by Gasteiger charge is 2.34. The van der Waals surface area contributed by atoms with Gasteiger partial charge in [-0.25, -0.2) is 15.8 Å². The molecular formula is C25H25F3N6O2. The third-order valence-electron chi connectivity index (χ3n) is 5.41. The summed E-state index contributed by atoms with van der Waals surface area (Å²) in [5, 5.41) is 10.4. The SMILES string of the molecule is COc1nc(/C=C/C(=O)N(N)CCC[C@H](C#N)c2ccccc2C(F)(F)F)ccc1-n1cnc(C)c1. The Labute approximate surface area is 206 Å². The molecule has 0 saturated heterocycles. The number of hydrogen-bond acceptors (Lipinski definition) is 6. The third-order valence-corrected chi connectivity index (χ3v) is 5.41. The Morgan fingerprint density at radius 3 is 2.69 bits per heavy atom. The van der Waals surface area contributed by atoms with E-state index >= 15 is 0 Å². The maximum atomic E-state index is 13.3. The minimum atomic E-state index is -4.56. The number of alkyl halides is 3. The molecule has 0 spiro atoms. The number of nitrogens with two attached hydrogens (primary N) is 1. The normalized spacial score (nSPS) is 12.4. The average Bonchev–Trinajstić information content (AvgIpc) is 3.30. The zero-order valence-electron chi connectivity index (χ0n) is 19.7. The van der Waals surface area contributed by atoms with E-state index in [4.69, 9.17) is 10.6 Å². The van der Waals surface area contributed by atoms with Crippen LogP contribution in [0.1, 0.15) is 41.3 Å². The van der Waals surface area contributed by atoms with Crippen LogP contribution < -0.4 is 10.6 Å². The molecule has 0 unspecified atom stereocenters. The summed E-state index contributed by atoms with van der Waals surface area (Å²) < 4.78 is 46.9. The zero-order chi connectivity index (χ0) is 26.3. The van der Waals surface area contributed by atoms with Gasteiger partial charge in [0, 0.05) is 18.8 Å². The van der Waals surface area contributed by atoms with Gasteiger partial charge in [0.2, 0.25) is 5.88 Å². The largest absolute Gasteiger partial charge is 0.479 e. The minimum absolute atomic E-state index is 0.0607. The summed E-state index contributed by atoms with van der Waals surface area (Å²) >= 11 is 0. The Hall–Kier alpha value is -4.17. The first kappa shape index (κ1) is 26.4. The molecule has 36 heavy (non-hydrogen) atoms. The number of carbonyl (C=O) groups excluding carboxylic acids is 1. The van der Waals surface area contributed by atoms with Crippen molar-refractivity contribution in [2.75, 3.05) is 13.7 Å². The minimum Gasteiger partial charge on any atom is -0.479 e. The fourth-order valence-corrected chi connectivity index (χ4v) is 3.62. The molecule has 11 heteroatoms. The summed E-state index contributed by atoms with van der Waals surface area (Å²) in [5.41, 5.74) is 1.05. The van der Waals surface area contributed by atoms with Gasteiger partial charge in [-0.2, -0.15) is 18.4 Å². The van der Waals surface area contributed by atoms with E-state index in [1.165, 1.54) is 37.5 Å². The molecule has 1 atom stereocenters. The number of ether oxygens (including phenoxy) is 1. The van der Waals surface area contributed by atoms with Gasteiger partial charge in [0.1, 0.15) is 5.69 Å². The summed E-state index contributed by atoms with van der Waals surface area (Å²) in [6, 6.07) is 10.4. The summed E-state index contributed by atoms with van der Waals surface area (Å²) in [7, 11) is 1.48. The van der Waals surface area contributed by atoms with Crippen molar-refractivity contribution in [2.45, 2.75) is 31.9 Å². The van der Waals surface area contributed by atoms with Crippen LogP contribution in [-0.2, 0) is 11.0 Å².